The highest BCUT2D eigenvalue weighted by atomic mass is 79.9. The highest BCUT2D eigenvalue weighted by Gasteiger charge is 2.37. The lowest BCUT2D eigenvalue weighted by molar-refractivity contribution is -0.130. The number of carbonyl (C=O) groups is 7. The lowest BCUT2D eigenvalue weighted by atomic mass is 9.81. The zero-order valence-corrected chi connectivity index (χ0v) is 52.3. The summed E-state index contributed by atoms with van der Waals surface area (Å²) in [6, 6.07) is 34.1. The van der Waals surface area contributed by atoms with E-state index < -0.39 is 35.8 Å². The summed E-state index contributed by atoms with van der Waals surface area (Å²) in [4.78, 5) is 91.2. The second-order valence-corrected chi connectivity index (χ2v) is 25.2. The number of aryl methyl sites for hydroxylation is 1. The monoisotopic (exact) mass is 1290 g/mol. The van der Waals surface area contributed by atoms with Crippen molar-refractivity contribution in [2.24, 2.45) is 29.4 Å². The zero-order chi connectivity index (χ0) is 63.9. The Morgan fingerprint density at radius 2 is 1.20 bits per heavy atom. The van der Waals surface area contributed by atoms with Crippen molar-refractivity contribution in [2.75, 3.05) is 23.3 Å². The fraction of sp³-hybridized carbons (Fsp3) is 0.400. The van der Waals surface area contributed by atoms with Crippen LogP contribution in [0.25, 0.3) is 33.9 Å². The number of primary amides is 1. The van der Waals surface area contributed by atoms with Gasteiger partial charge < -0.3 is 42.2 Å². The molecule has 5 aromatic carbocycles. The average Bonchev–Trinajstić information content (AvgIpc) is 1.00. The number of H-pyrrole nitrogens is 2. The molecule has 25 heteroatoms. The third-order valence-electron chi connectivity index (χ3n) is 16.4. The molecule has 7 amide bonds. The topological polar surface area (TPSA) is 347 Å². The summed E-state index contributed by atoms with van der Waals surface area (Å²) in [7, 11) is 0. The van der Waals surface area contributed by atoms with Crippen molar-refractivity contribution in [2.45, 2.75) is 128 Å². The van der Waals surface area contributed by atoms with E-state index in [1.807, 2.05) is 94.4 Å². The SMILES string of the molecule is CC(C)(C)OC(=O)NC[C@H]1CC[C@H](C(=O)N(c2ccc(-c3nnn[nH]3)cc2)[C@@H](Cc2ccc(Br)cc2)C(N)=O)CC1.Cc1cc(-c2ccc(C[C@H](NC(=O)[C@H]3CC[C@H](CNC(=O)O)CC3)C(=O)Nc3ccc(-c4nnn[nH]4)cc3)cc2)ccc1C(=O)NC1CC1. The van der Waals surface area contributed by atoms with Crippen LogP contribution in [0.3, 0.4) is 0 Å². The van der Waals surface area contributed by atoms with E-state index in [2.05, 4.69) is 83.8 Å². The van der Waals surface area contributed by atoms with Crippen LogP contribution in [0.2, 0.25) is 0 Å². The van der Waals surface area contributed by atoms with E-state index in [-0.39, 0.29) is 60.1 Å². The number of carboxylic acid groups (broad SMARTS) is 1. The maximum atomic E-state index is 14.1. The Labute approximate surface area is 529 Å². The van der Waals surface area contributed by atoms with Crippen LogP contribution in [0.15, 0.2) is 120 Å². The molecule has 0 aliphatic heterocycles. The molecule has 2 atom stereocenters. The van der Waals surface area contributed by atoms with Gasteiger partial charge in [-0.2, -0.15) is 0 Å². The van der Waals surface area contributed by atoms with E-state index in [9.17, 15) is 33.6 Å². The van der Waals surface area contributed by atoms with Crippen molar-refractivity contribution in [1.82, 2.24) is 62.5 Å². The molecule has 0 unspecified atom stereocenters. The number of benzene rings is 5. The summed E-state index contributed by atoms with van der Waals surface area (Å²) in [6.07, 6.45) is 6.66. The number of carbonyl (C=O) groups excluding carboxylic acids is 6. The van der Waals surface area contributed by atoms with E-state index in [0.29, 0.717) is 73.4 Å². The number of anilines is 2. The molecular formula is C65H76BrN15O9. The number of nitrogens with one attached hydrogen (secondary N) is 7. The maximum absolute atomic E-state index is 14.1. The Morgan fingerprint density at radius 1 is 0.667 bits per heavy atom. The normalized spacial score (nSPS) is 17.8. The highest BCUT2D eigenvalue weighted by molar-refractivity contribution is 9.10. The fourth-order valence-corrected chi connectivity index (χ4v) is 11.5. The number of aromatic amines is 2. The molecule has 2 aromatic heterocycles. The van der Waals surface area contributed by atoms with Gasteiger partial charge in [-0.05, 0) is 219 Å². The molecule has 10 N–H and O–H groups in total. The molecular weight excluding hydrogens is 1210 g/mol. The number of aromatic nitrogens is 8. The summed E-state index contributed by atoms with van der Waals surface area (Å²) in [5.74, 6) is -0.406. The van der Waals surface area contributed by atoms with Crippen LogP contribution in [0.1, 0.15) is 112 Å². The van der Waals surface area contributed by atoms with Gasteiger partial charge in [0, 0.05) is 76.3 Å². The van der Waals surface area contributed by atoms with Gasteiger partial charge in [0.15, 0.2) is 11.6 Å². The van der Waals surface area contributed by atoms with Gasteiger partial charge in [-0.25, -0.2) is 19.8 Å². The molecule has 10 rings (SSSR count). The number of nitrogens with zero attached hydrogens (tertiary/aromatic N) is 7. The Hall–Kier alpha value is -9.39. The van der Waals surface area contributed by atoms with Crippen molar-refractivity contribution < 1.29 is 43.4 Å². The number of amides is 7. The number of nitrogens with two attached hydrogens (primary N) is 1. The highest BCUT2D eigenvalue weighted by Crippen LogP contribution is 2.34. The van der Waals surface area contributed by atoms with Crippen LogP contribution in [0, 0.1) is 30.6 Å². The van der Waals surface area contributed by atoms with Gasteiger partial charge in [0.2, 0.25) is 23.6 Å². The van der Waals surface area contributed by atoms with Crippen molar-refractivity contribution in [1.29, 1.82) is 0 Å². The maximum Gasteiger partial charge on any atom is 0.407 e. The molecule has 3 saturated carbocycles. The molecule has 0 radical (unpaired) electrons. The third kappa shape index (κ3) is 18.6. The van der Waals surface area contributed by atoms with Crippen molar-refractivity contribution in [3.8, 4) is 33.9 Å². The molecule has 90 heavy (non-hydrogen) atoms. The quantitative estimate of drug-likeness (QED) is 0.0324. The van der Waals surface area contributed by atoms with Gasteiger partial charge in [-0.15, -0.1) is 10.2 Å². The first kappa shape index (κ1) is 65.1. The standard InChI is InChI=1S/C36H40N8O5.C29H36BrN7O4/c1-21-18-27(12-17-30(21)34(46)38-29-15-16-29)24-6-2-22(3-7-24)19-31(40-33(45)26-8-4-23(5-9-26)20-37-36(48)49)35(47)39-28-13-10-25(11-14-28)32-41-43-44-42-32;1-29(2,3)41-28(40)32-17-19-4-8-21(9-5-19)27(39)37(23-14-10-20(11-15-23)26-33-35-36-34-26)24(25(31)38)16-18-6-12-22(30)13-7-18/h2-3,6-7,10-14,17-18,23,26,29,31,37H,4-5,8-9,15-16,19-20H2,1H3,(H,38,46)(H,39,47)(H,40,45)(H,48,49)(H,41,42,43,44);6-7,10-15,19,21,24H,4-5,8-9,16-17H2,1-3H3,(H2,31,38)(H,32,40)(H,33,34,35,36)/t23-,26-,31-;19-,21-,24-/m00/s1. The van der Waals surface area contributed by atoms with Gasteiger partial charge in [-0.1, -0.05) is 64.5 Å². The second-order valence-electron chi connectivity index (χ2n) is 24.3. The summed E-state index contributed by atoms with van der Waals surface area (Å²) in [5, 5.41) is 50.9. The Bertz CT molecular complexity index is 3570. The van der Waals surface area contributed by atoms with Crippen LogP contribution >= 0.6 is 15.9 Å². The van der Waals surface area contributed by atoms with E-state index in [4.69, 9.17) is 15.6 Å². The minimum atomic E-state index is -1.05. The van der Waals surface area contributed by atoms with Gasteiger partial charge in [0.05, 0.1) is 0 Å². The van der Waals surface area contributed by atoms with E-state index in [0.717, 1.165) is 81.9 Å². The summed E-state index contributed by atoms with van der Waals surface area (Å²) in [5.41, 5.74) is 13.3. The lowest BCUT2D eigenvalue weighted by Crippen LogP contribution is -2.52. The van der Waals surface area contributed by atoms with Crippen LogP contribution in [0.5, 0.6) is 0 Å². The number of alkyl carbamates (subject to hydrolysis) is 1. The Balaban J connectivity index is 0.000000217. The first-order valence-corrected chi connectivity index (χ1v) is 31.1. The number of hydrogen-bond donors (Lipinski definition) is 9. The predicted octanol–water partition coefficient (Wildman–Crippen LogP) is 8.86. The molecule has 0 bridgehead atoms. The number of tetrazole rings is 2. The molecule has 2 heterocycles. The molecule has 24 nitrogen and oxygen atoms in total. The van der Waals surface area contributed by atoms with Crippen LogP contribution < -0.4 is 37.2 Å². The molecule has 3 aliphatic rings. The lowest BCUT2D eigenvalue weighted by Gasteiger charge is -2.36. The predicted molar refractivity (Wildman–Crippen MR) is 340 cm³/mol. The molecule has 0 spiro atoms. The van der Waals surface area contributed by atoms with Gasteiger partial charge in [0.1, 0.15) is 17.7 Å². The Kier molecular flexibility index (Phi) is 21.8. The fourth-order valence-electron chi connectivity index (χ4n) is 11.3. The molecule has 3 aliphatic carbocycles. The molecule has 3 fully saturated rings. The van der Waals surface area contributed by atoms with Crippen molar-refractivity contribution in [3.05, 3.63) is 142 Å². The molecule has 472 valence electrons. The molecule has 0 saturated heterocycles. The second kappa shape index (κ2) is 30.2. The Morgan fingerprint density at radius 3 is 1.73 bits per heavy atom. The van der Waals surface area contributed by atoms with E-state index >= 15 is 0 Å². The van der Waals surface area contributed by atoms with Gasteiger partial charge in [0.25, 0.3) is 5.91 Å². The van der Waals surface area contributed by atoms with Crippen LogP contribution in [-0.2, 0) is 36.8 Å². The average molecular weight is 1290 g/mol. The van der Waals surface area contributed by atoms with Gasteiger partial charge in [-0.3, -0.25) is 28.9 Å². The first-order chi connectivity index (χ1) is 43.2. The first-order valence-electron chi connectivity index (χ1n) is 30.3. The minimum Gasteiger partial charge on any atom is -0.465 e. The smallest absolute Gasteiger partial charge is 0.407 e. The largest absolute Gasteiger partial charge is 0.465 e. The summed E-state index contributed by atoms with van der Waals surface area (Å²) in [6.45, 7) is 8.27. The summed E-state index contributed by atoms with van der Waals surface area (Å²) >= 11 is 3.44. The van der Waals surface area contributed by atoms with Gasteiger partial charge >= 0.3 is 12.2 Å². The minimum absolute atomic E-state index is 0.0421. The van der Waals surface area contributed by atoms with Crippen LogP contribution in [-0.4, -0.2) is 125 Å². The van der Waals surface area contributed by atoms with E-state index in [1.54, 1.807) is 53.4 Å². The zero-order valence-electron chi connectivity index (χ0n) is 50.7. The number of halogens is 1. The number of ether oxygens (including phenoxy) is 1. The third-order valence-corrected chi connectivity index (χ3v) is 16.9. The van der Waals surface area contributed by atoms with Crippen LogP contribution in [0.4, 0.5) is 21.0 Å². The van der Waals surface area contributed by atoms with E-state index in [1.165, 1.54) is 0 Å². The van der Waals surface area contributed by atoms with Crippen molar-refractivity contribution >= 4 is 69.0 Å². The summed E-state index contributed by atoms with van der Waals surface area (Å²) < 4.78 is 6.25. The number of rotatable bonds is 21. The van der Waals surface area contributed by atoms with Crippen molar-refractivity contribution in [3.63, 3.8) is 0 Å². The number of hydrogen-bond acceptors (Lipinski definition) is 14. The molecule has 7 aromatic rings.